The zero-order valence-corrected chi connectivity index (χ0v) is 10.7. The van der Waals surface area contributed by atoms with E-state index in [0.29, 0.717) is 19.6 Å². The third kappa shape index (κ3) is 2.54. The average Bonchev–Trinajstić information content (AvgIpc) is 2.38. The Morgan fingerprint density at radius 3 is 2.94 bits per heavy atom. The minimum absolute atomic E-state index is 0.0251. The van der Waals surface area contributed by atoms with Gasteiger partial charge in [-0.1, -0.05) is 6.07 Å². The van der Waals surface area contributed by atoms with Crippen LogP contribution in [0, 0.1) is 5.82 Å². The van der Waals surface area contributed by atoms with Gasteiger partial charge in [-0.15, -0.1) is 0 Å². The Morgan fingerprint density at radius 1 is 1.50 bits per heavy atom. The molecule has 2 rings (SSSR count). The van der Waals surface area contributed by atoms with E-state index in [2.05, 4.69) is 5.32 Å². The van der Waals surface area contributed by atoms with Crippen molar-refractivity contribution in [1.82, 2.24) is 9.62 Å². The lowest BCUT2D eigenvalue weighted by molar-refractivity contribution is 0.272. The molecule has 0 amide bonds. The Kier molecular flexibility index (Phi) is 3.96. The van der Waals surface area contributed by atoms with Gasteiger partial charge < -0.3 is 11.1 Å². The van der Waals surface area contributed by atoms with Crippen LogP contribution in [0.2, 0.25) is 0 Å². The number of hydrogen-bond acceptors (Lipinski definition) is 4. The van der Waals surface area contributed by atoms with E-state index in [1.54, 1.807) is 0 Å². The second-order valence-electron chi connectivity index (χ2n) is 4.17. The molecule has 0 aromatic heterocycles. The van der Waals surface area contributed by atoms with Crippen molar-refractivity contribution >= 4 is 10.0 Å². The molecule has 3 N–H and O–H groups in total. The summed E-state index contributed by atoms with van der Waals surface area (Å²) < 4.78 is 39.2. The van der Waals surface area contributed by atoms with Gasteiger partial charge in [-0.05, 0) is 18.2 Å². The lowest BCUT2D eigenvalue weighted by atomic mass is 10.2. The number of rotatable bonds is 3. The summed E-state index contributed by atoms with van der Waals surface area (Å²) in [7, 11) is -3.67. The number of nitrogens with one attached hydrogen (secondary N) is 1. The van der Waals surface area contributed by atoms with Gasteiger partial charge in [0.05, 0.1) is 4.90 Å². The van der Waals surface area contributed by atoms with Gasteiger partial charge in [0, 0.05) is 32.2 Å². The highest BCUT2D eigenvalue weighted by Crippen LogP contribution is 2.19. The molecule has 18 heavy (non-hydrogen) atoms. The van der Waals surface area contributed by atoms with Crippen LogP contribution in [-0.4, -0.2) is 44.9 Å². The maximum atomic E-state index is 13.1. The highest BCUT2D eigenvalue weighted by Gasteiger charge is 2.32. The number of nitrogens with two attached hydrogens (primary N) is 1. The highest BCUT2D eigenvalue weighted by atomic mass is 32.2. The second-order valence-corrected chi connectivity index (χ2v) is 6.06. The maximum Gasteiger partial charge on any atom is 0.243 e. The summed E-state index contributed by atoms with van der Waals surface area (Å²) in [5, 5.41) is 3.09. The van der Waals surface area contributed by atoms with Crippen LogP contribution in [0.25, 0.3) is 0 Å². The van der Waals surface area contributed by atoms with Gasteiger partial charge in [0.1, 0.15) is 5.82 Å². The summed E-state index contributed by atoms with van der Waals surface area (Å²) >= 11 is 0. The molecule has 7 heteroatoms. The van der Waals surface area contributed by atoms with E-state index in [-0.39, 0.29) is 17.5 Å². The maximum absolute atomic E-state index is 13.1. The molecular formula is C11H16FN3O2S. The molecule has 0 bridgehead atoms. The van der Waals surface area contributed by atoms with Crippen molar-refractivity contribution in [3.8, 4) is 0 Å². The zero-order valence-electron chi connectivity index (χ0n) is 9.84. The summed E-state index contributed by atoms with van der Waals surface area (Å²) in [5.74, 6) is -0.560. The minimum atomic E-state index is -3.67. The van der Waals surface area contributed by atoms with Crippen LogP contribution < -0.4 is 11.1 Å². The Labute approximate surface area is 106 Å². The van der Waals surface area contributed by atoms with Crippen molar-refractivity contribution in [2.75, 3.05) is 26.2 Å². The standard InChI is InChI=1S/C11H16FN3O2S/c12-9-2-1-3-11(6-9)18(16,17)15-5-4-14-8-10(15)7-13/h1-3,6,10,14H,4-5,7-8,13H2. The molecule has 1 atom stereocenters. The van der Waals surface area contributed by atoms with Crippen molar-refractivity contribution in [3.05, 3.63) is 30.1 Å². The first-order valence-electron chi connectivity index (χ1n) is 5.74. The van der Waals surface area contributed by atoms with E-state index in [1.165, 1.54) is 22.5 Å². The van der Waals surface area contributed by atoms with Crippen molar-refractivity contribution in [3.63, 3.8) is 0 Å². The SMILES string of the molecule is NCC1CNCCN1S(=O)(=O)c1cccc(F)c1. The van der Waals surface area contributed by atoms with Gasteiger partial charge in [0.2, 0.25) is 10.0 Å². The van der Waals surface area contributed by atoms with Crippen LogP contribution in [0.4, 0.5) is 4.39 Å². The molecular weight excluding hydrogens is 257 g/mol. The van der Waals surface area contributed by atoms with Crippen LogP contribution >= 0.6 is 0 Å². The molecule has 0 radical (unpaired) electrons. The van der Waals surface area contributed by atoms with E-state index in [4.69, 9.17) is 5.73 Å². The predicted octanol–water partition coefficient (Wildman–Crippen LogP) is -0.253. The highest BCUT2D eigenvalue weighted by molar-refractivity contribution is 7.89. The molecule has 1 saturated heterocycles. The number of halogens is 1. The molecule has 1 aliphatic rings. The number of benzene rings is 1. The van der Waals surface area contributed by atoms with Gasteiger partial charge >= 0.3 is 0 Å². The number of piperazine rings is 1. The lowest BCUT2D eigenvalue weighted by Gasteiger charge is -2.34. The normalized spacial score (nSPS) is 22.0. The van der Waals surface area contributed by atoms with E-state index in [1.807, 2.05) is 0 Å². The van der Waals surface area contributed by atoms with Crippen molar-refractivity contribution < 1.29 is 12.8 Å². The number of sulfonamides is 1. The molecule has 1 aromatic carbocycles. The van der Waals surface area contributed by atoms with Gasteiger partial charge in [0.25, 0.3) is 0 Å². The van der Waals surface area contributed by atoms with Crippen LogP contribution in [0.5, 0.6) is 0 Å². The summed E-state index contributed by atoms with van der Waals surface area (Å²) in [4.78, 5) is -0.0251. The summed E-state index contributed by atoms with van der Waals surface area (Å²) in [6.07, 6.45) is 0. The lowest BCUT2D eigenvalue weighted by Crippen LogP contribution is -2.56. The average molecular weight is 273 g/mol. The summed E-state index contributed by atoms with van der Waals surface area (Å²) in [5.41, 5.74) is 5.58. The second kappa shape index (κ2) is 5.31. The fourth-order valence-electron chi connectivity index (χ4n) is 2.02. The van der Waals surface area contributed by atoms with E-state index >= 15 is 0 Å². The Hall–Kier alpha value is -1.02. The fraction of sp³-hybridized carbons (Fsp3) is 0.455. The minimum Gasteiger partial charge on any atom is -0.329 e. The van der Waals surface area contributed by atoms with Gasteiger partial charge in [-0.3, -0.25) is 0 Å². The quantitative estimate of drug-likeness (QED) is 0.796. The zero-order chi connectivity index (χ0) is 13.2. The van der Waals surface area contributed by atoms with Crippen molar-refractivity contribution in [2.45, 2.75) is 10.9 Å². The Balaban J connectivity index is 2.35. The first-order valence-corrected chi connectivity index (χ1v) is 7.18. The monoisotopic (exact) mass is 273 g/mol. The molecule has 0 spiro atoms. The topological polar surface area (TPSA) is 75.4 Å². The van der Waals surface area contributed by atoms with E-state index < -0.39 is 15.8 Å². The van der Waals surface area contributed by atoms with Crippen molar-refractivity contribution in [1.29, 1.82) is 0 Å². The number of hydrogen-bond donors (Lipinski definition) is 2. The molecule has 100 valence electrons. The van der Waals surface area contributed by atoms with E-state index in [0.717, 1.165) is 6.07 Å². The van der Waals surface area contributed by atoms with Crippen LogP contribution in [0.1, 0.15) is 0 Å². The molecule has 1 aliphatic heterocycles. The van der Waals surface area contributed by atoms with Crippen molar-refractivity contribution in [2.24, 2.45) is 5.73 Å². The molecule has 1 heterocycles. The van der Waals surface area contributed by atoms with Crippen LogP contribution in [0.15, 0.2) is 29.2 Å². The Bertz CT molecular complexity index is 521. The summed E-state index contributed by atoms with van der Waals surface area (Å²) in [6.45, 7) is 1.68. The fourth-order valence-corrected chi connectivity index (χ4v) is 3.69. The molecule has 0 saturated carbocycles. The molecule has 1 fully saturated rings. The first kappa shape index (κ1) is 13.4. The van der Waals surface area contributed by atoms with Crippen LogP contribution in [0.3, 0.4) is 0 Å². The molecule has 5 nitrogen and oxygen atoms in total. The van der Waals surface area contributed by atoms with E-state index in [9.17, 15) is 12.8 Å². The first-order chi connectivity index (χ1) is 8.55. The Morgan fingerprint density at radius 2 is 2.28 bits per heavy atom. The third-order valence-corrected chi connectivity index (χ3v) is 4.92. The van der Waals surface area contributed by atoms with Crippen LogP contribution in [-0.2, 0) is 10.0 Å². The largest absolute Gasteiger partial charge is 0.329 e. The summed E-state index contributed by atoms with van der Waals surface area (Å²) in [6, 6.07) is 4.75. The smallest absolute Gasteiger partial charge is 0.243 e. The number of nitrogens with zero attached hydrogens (tertiary/aromatic N) is 1. The predicted molar refractivity (Wildman–Crippen MR) is 66.0 cm³/mol. The van der Waals surface area contributed by atoms with Gasteiger partial charge in [-0.25, -0.2) is 12.8 Å². The van der Waals surface area contributed by atoms with Gasteiger partial charge in [0.15, 0.2) is 0 Å². The molecule has 1 unspecified atom stereocenters. The molecule has 1 aromatic rings. The third-order valence-electron chi connectivity index (χ3n) is 2.97. The molecule has 0 aliphatic carbocycles. The van der Waals surface area contributed by atoms with Gasteiger partial charge in [-0.2, -0.15) is 4.31 Å².